The first-order chi connectivity index (χ1) is 37.9. The Morgan fingerprint density at radius 1 is 0.593 bits per heavy atom. The Kier molecular flexibility index (Phi) is 29.0. The second-order valence-corrected chi connectivity index (χ2v) is 22.9. The largest absolute Gasteiger partial charge is 0.391 e. The van der Waals surface area contributed by atoms with Gasteiger partial charge < -0.3 is 61.1 Å². The van der Waals surface area contributed by atoms with Gasteiger partial charge >= 0.3 is 0 Å². The standard InChI is InChI=1S/C58H97N11O12/c1-18-37(9)46(56(79)68(17)49(36(7)8)58(81)65(14)38(10)50(73)62-47(39(11)70)53(76)59-12)61-51(74)42(31-35(5)6)66(15)45(72)33-64(13)55(78)48(57(80)69-28-24-21-25-29-69)63-52(75)43(32-40-26-22-20-23-27-40)67(16)54(77)41(30-34(3)4)60-44(71)19-2/h20,22-23,26-27,34-39,41-43,46-49,70H,18-19,21,24-25,28-33H2,1-17H3,(H,59,76)(H,60,71)(H,61,74)(H,62,73)(H,63,75)/t37-,38-,39+,41-,42-,43-,46-,47-,48-,49-/m0/s1. The number of rotatable bonds is 30. The van der Waals surface area contributed by atoms with E-state index in [9.17, 15) is 57.8 Å². The second kappa shape index (κ2) is 33.3. The van der Waals surface area contributed by atoms with Gasteiger partial charge in [-0.05, 0) is 75.2 Å². The Bertz CT molecular complexity index is 2310. The maximum atomic E-state index is 14.7. The summed E-state index contributed by atoms with van der Waals surface area (Å²) in [7, 11) is 8.31. The van der Waals surface area contributed by atoms with E-state index < -0.39 is 132 Å². The summed E-state index contributed by atoms with van der Waals surface area (Å²) in [5.74, 6) is -8.44. The van der Waals surface area contributed by atoms with Gasteiger partial charge in [0.15, 0.2) is 6.04 Å². The molecule has 0 spiro atoms. The summed E-state index contributed by atoms with van der Waals surface area (Å²) < 4.78 is 0. The fourth-order valence-electron chi connectivity index (χ4n) is 9.67. The molecular weight excluding hydrogens is 1040 g/mol. The predicted octanol–water partition coefficient (Wildman–Crippen LogP) is 1.30. The SMILES string of the molecule is CCC(=O)N[C@@H](CC(C)C)C(=O)N(C)[C@@H](Cc1ccccc1)C(=O)N[C@@H](C(=O)N(C)CC(=O)N(C)[C@@H](CC(C)C)C(=O)N[C@H](C(=O)N(C)[C@H](C(=O)N(C)[C@@H](C)C(=O)N[C@H](C(=O)NC)[C@@H](C)O)C(C)C)[C@@H](C)CC)C(=O)N1CCCCC1. The number of piperidine rings is 1. The number of aliphatic hydroxyl groups is 1. The fraction of sp³-hybridized carbons (Fsp3) is 0.707. The van der Waals surface area contributed by atoms with Gasteiger partial charge in [0.05, 0.1) is 12.6 Å². The smallest absolute Gasteiger partial charge is 0.255 e. The summed E-state index contributed by atoms with van der Waals surface area (Å²) in [6.07, 6.45) is 1.87. The van der Waals surface area contributed by atoms with Gasteiger partial charge in [-0.1, -0.05) is 99.1 Å². The van der Waals surface area contributed by atoms with Gasteiger partial charge in [-0.25, -0.2) is 0 Å². The molecule has 1 aliphatic heterocycles. The number of likely N-dealkylation sites (N-methyl/N-ethyl adjacent to an activating group) is 6. The van der Waals surface area contributed by atoms with Crippen LogP contribution in [0.5, 0.6) is 0 Å². The average Bonchev–Trinajstić information content (AvgIpc) is 3.46. The quantitative estimate of drug-likeness (QED) is 0.0595. The molecule has 1 heterocycles. The average molecular weight is 1140 g/mol. The Morgan fingerprint density at radius 3 is 1.65 bits per heavy atom. The first-order valence-electron chi connectivity index (χ1n) is 28.6. The minimum Gasteiger partial charge on any atom is -0.391 e. The third-order valence-electron chi connectivity index (χ3n) is 15.1. The van der Waals surface area contributed by atoms with Crippen molar-refractivity contribution in [2.24, 2.45) is 23.7 Å². The maximum absolute atomic E-state index is 14.7. The Labute approximate surface area is 480 Å². The van der Waals surface area contributed by atoms with Gasteiger partial charge in [0, 0.05) is 68.2 Å². The molecule has 0 unspecified atom stereocenters. The van der Waals surface area contributed by atoms with Crippen LogP contribution in [0.3, 0.4) is 0 Å². The lowest BCUT2D eigenvalue weighted by molar-refractivity contribution is -0.152. The van der Waals surface area contributed by atoms with Crippen LogP contribution in [-0.2, 0) is 59.2 Å². The van der Waals surface area contributed by atoms with E-state index >= 15 is 0 Å². The molecule has 2 rings (SSSR count). The minimum atomic E-state index is -1.82. The molecule has 1 aromatic rings. The zero-order valence-corrected chi connectivity index (χ0v) is 51.3. The molecule has 1 saturated heterocycles. The van der Waals surface area contributed by atoms with Gasteiger partial charge in [-0.2, -0.15) is 0 Å². The molecule has 1 aromatic carbocycles. The number of likely N-dealkylation sites (tertiary alicyclic amines) is 1. The summed E-state index contributed by atoms with van der Waals surface area (Å²) >= 11 is 0. The van der Waals surface area contributed by atoms with Crippen LogP contribution >= 0.6 is 0 Å². The summed E-state index contributed by atoms with van der Waals surface area (Å²) in [6, 6.07) is -1.09. The summed E-state index contributed by atoms with van der Waals surface area (Å²) in [6.45, 7) is 19.0. The van der Waals surface area contributed by atoms with Gasteiger partial charge in [0.2, 0.25) is 53.2 Å². The van der Waals surface area contributed by atoms with Gasteiger partial charge in [0.1, 0.15) is 42.3 Å². The van der Waals surface area contributed by atoms with Gasteiger partial charge in [-0.3, -0.25) is 52.7 Å². The summed E-state index contributed by atoms with van der Waals surface area (Å²) in [4.78, 5) is 162. The van der Waals surface area contributed by atoms with E-state index in [2.05, 4.69) is 26.6 Å². The number of carbonyl (C=O) groups excluding carboxylic acids is 11. The highest BCUT2D eigenvalue weighted by Gasteiger charge is 2.43. The highest BCUT2D eigenvalue weighted by Crippen LogP contribution is 2.22. The van der Waals surface area contributed by atoms with Crippen molar-refractivity contribution in [3.63, 3.8) is 0 Å². The number of hydrogen-bond acceptors (Lipinski definition) is 12. The highest BCUT2D eigenvalue weighted by atomic mass is 16.3. The molecule has 456 valence electrons. The molecule has 81 heavy (non-hydrogen) atoms. The number of amides is 11. The molecule has 0 aliphatic carbocycles. The number of nitrogens with zero attached hydrogens (tertiary/aromatic N) is 6. The van der Waals surface area contributed by atoms with Crippen molar-refractivity contribution in [2.75, 3.05) is 61.9 Å². The van der Waals surface area contributed by atoms with E-state index in [1.54, 1.807) is 58.0 Å². The molecule has 23 nitrogen and oxygen atoms in total. The van der Waals surface area contributed by atoms with Crippen LogP contribution in [0.4, 0.5) is 0 Å². The highest BCUT2D eigenvalue weighted by molar-refractivity contribution is 6.08. The molecule has 0 aromatic heterocycles. The second-order valence-electron chi connectivity index (χ2n) is 22.9. The molecule has 23 heteroatoms. The number of hydrogen-bond donors (Lipinski definition) is 6. The number of benzene rings is 1. The lowest BCUT2D eigenvalue weighted by Crippen LogP contribution is -2.62. The van der Waals surface area contributed by atoms with Crippen LogP contribution < -0.4 is 26.6 Å². The molecule has 1 fully saturated rings. The third kappa shape index (κ3) is 20.4. The number of carbonyl (C=O) groups is 11. The summed E-state index contributed by atoms with van der Waals surface area (Å²) in [5, 5.41) is 23.4. The van der Waals surface area contributed by atoms with Crippen molar-refractivity contribution < 1.29 is 57.8 Å². The number of nitrogens with one attached hydrogen (secondary N) is 5. The van der Waals surface area contributed by atoms with Crippen molar-refractivity contribution in [2.45, 2.75) is 182 Å². The molecule has 10 atom stereocenters. The Morgan fingerprint density at radius 2 is 1.15 bits per heavy atom. The van der Waals surface area contributed by atoms with Crippen LogP contribution in [0.1, 0.15) is 127 Å². The third-order valence-corrected chi connectivity index (χ3v) is 15.1. The van der Waals surface area contributed by atoms with Crippen molar-refractivity contribution >= 4 is 65.0 Å². The predicted molar refractivity (Wildman–Crippen MR) is 307 cm³/mol. The lowest BCUT2D eigenvalue weighted by atomic mass is 9.94. The molecule has 6 N–H and O–H groups in total. The van der Waals surface area contributed by atoms with Crippen molar-refractivity contribution in [3.8, 4) is 0 Å². The monoisotopic (exact) mass is 1140 g/mol. The van der Waals surface area contributed by atoms with Crippen LogP contribution in [-0.4, -0.2) is 216 Å². The molecule has 11 amide bonds. The lowest BCUT2D eigenvalue weighted by Gasteiger charge is -2.38. The Hall–Kier alpha value is -6.65. The zero-order chi connectivity index (χ0) is 61.7. The molecule has 0 radical (unpaired) electrons. The van der Waals surface area contributed by atoms with E-state index in [0.717, 1.165) is 16.2 Å². The molecule has 0 saturated carbocycles. The normalized spacial score (nSPS) is 16.2. The van der Waals surface area contributed by atoms with E-state index in [1.807, 2.05) is 34.6 Å². The first-order valence-corrected chi connectivity index (χ1v) is 28.6. The Balaban J connectivity index is 2.51. The molecule has 1 aliphatic rings. The van der Waals surface area contributed by atoms with E-state index in [1.165, 1.54) is 75.7 Å². The zero-order valence-electron chi connectivity index (χ0n) is 51.3. The van der Waals surface area contributed by atoms with Gasteiger partial charge in [-0.15, -0.1) is 0 Å². The van der Waals surface area contributed by atoms with Crippen LogP contribution in [0, 0.1) is 23.7 Å². The topological polar surface area (TPSA) is 288 Å². The maximum Gasteiger partial charge on any atom is 0.255 e. The van der Waals surface area contributed by atoms with Crippen LogP contribution in [0.25, 0.3) is 0 Å². The van der Waals surface area contributed by atoms with E-state index in [4.69, 9.17) is 0 Å². The fourth-order valence-corrected chi connectivity index (χ4v) is 9.67. The number of aliphatic hydroxyl groups excluding tert-OH is 1. The van der Waals surface area contributed by atoms with E-state index in [0.29, 0.717) is 37.9 Å². The van der Waals surface area contributed by atoms with Crippen molar-refractivity contribution in [1.82, 2.24) is 56.0 Å². The summed E-state index contributed by atoms with van der Waals surface area (Å²) in [5.41, 5.74) is 0.680. The van der Waals surface area contributed by atoms with E-state index in [-0.39, 0.29) is 43.4 Å². The van der Waals surface area contributed by atoms with Crippen molar-refractivity contribution in [3.05, 3.63) is 35.9 Å². The van der Waals surface area contributed by atoms with Crippen LogP contribution in [0.15, 0.2) is 30.3 Å². The minimum absolute atomic E-state index is 0.00851. The van der Waals surface area contributed by atoms with Crippen molar-refractivity contribution in [1.29, 1.82) is 0 Å². The van der Waals surface area contributed by atoms with Gasteiger partial charge in [0.25, 0.3) is 11.8 Å². The van der Waals surface area contributed by atoms with Crippen LogP contribution in [0.2, 0.25) is 0 Å². The molecule has 0 bridgehead atoms. The molecular formula is C58H97N11O12. The first kappa shape index (κ1) is 70.5.